The standard InChI is InChI=1S/C13H12N4O/c1-8-2-4-9(5-3-8)16-12-10-6-11(18)17-13(10)15-7-14-12/h2-5,7H,6H2,1H3,(H2,14,15,16,17,18). The van der Waals surface area contributed by atoms with Crippen LogP contribution in [0.3, 0.4) is 0 Å². The van der Waals surface area contributed by atoms with Crippen LogP contribution in [0.25, 0.3) is 0 Å². The van der Waals surface area contributed by atoms with Crippen LogP contribution in [0.4, 0.5) is 17.3 Å². The number of aryl methyl sites for hydroxylation is 1. The summed E-state index contributed by atoms with van der Waals surface area (Å²) >= 11 is 0. The van der Waals surface area contributed by atoms with Crippen LogP contribution in [0.2, 0.25) is 0 Å². The van der Waals surface area contributed by atoms with Crippen molar-refractivity contribution in [2.45, 2.75) is 13.3 Å². The highest BCUT2D eigenvalue weighted by atomic mass is 16.1. The third-order valence-corrected chi connectivity index (χ3v) is 2.85. The summed E-state index contributed by atoms with van der Waals surface area (Å²) in [5.74, 6) is 1.24. The number of carbonyl (C=O) groups is 1. The average Bonchev–Trinajstić information content (AvgIpc) is 2.73. The van der Waals surface area contributed by atoms with Gasteiger partial charge < -0.3 is 10.6 Å². The minimum atomic E-state index is -0.0440. The van der Waals surface area contributed by atoms with Gasteiger partial charge in [-0.05, 0) is 19.1 Å². The molecule has 0 unspecified atom stereocenters. The Balaban J connectivity index is 1.92. The predicted molar refractivity (Wildman–Crippen MR) is 68.8 cm³/mol. The second kappa shape index (κ2) is 4.10. The van der Waals surface area contributed by atoms with Crippen molar-refractivity contribution in [3.05, 3.63) is 41.7 Å². The third kappa shape index (κ3) is 1.90. The van der Waals surface area contributed by atoms with Crippen LogP contribution in [0.15, 0.2) is 30.6 Å². The smallest absolute Gasteiger partial charge is 0.230 e. The van der Waals surface area contributed by atoms with Crippen LogP contribution in [0.5, 0.6) is 0 Å². The first-order valence-electron chi connectivity index (χ1n) is 5.70. The number of hydrogen-bond acceptors (Lipinski definition) is 4. The maximum atomic E-state index is 11.3. The van der Waals surface area contributed by atoms with Gasteiger partial charge in [0.05, 0.1) is 6.42 Å². The summed E-state index contributed by atoms with van der Waals surface area (Å²) in [6.45, 7) is 2.04. The van der Waals surface area contributed by atoms with Crippen LogP contribution >= 0.6 is 0 Å². The van der Waals surface area contributed by atoms with Gasteiger partial charge in [0.25, 0.3) is 0 Å². The summed E-state index contributed by atoms with van der Waals surface area (Å²) in [4.78, 5) is 19.6. The van der Waals surface area contributed by atoms with Crippen LogP contribution in [0.1, 0.15) is 11.1 Å². The van der Waals surface area contributed by atoms with E-state index in [1.165, 1.54) is 11.9 Å². The van der Waals surface area contributed by atoms with Gasteiger partial charge in [0.1, 0.15) is 18.0 Å². The first-order chi connectivity index (χ1) is 8.72. The topological polar surface area (TPSA) is 66.9 Å². The van der Waals surface area contributed by atoms with Crippen molar-refractivity contribution in [3.8, 4) is 0 Å². The predicted octanol–water partition coefficient (Wildman–Crippen LogP) is 2.02. The Labute approximate surface area is 104 Å². The van der Waals surface area contributed by atoms with Crippen molar-refractivity contribution in [3.63, 3.8) is 0 Å². The minimum Gasteiger partial charge on any atom is -0.340 e. The number of fused-ring (bicyclic) bond motifs is 1. The van der Waals surface area contributed by atoms with E-state index >= 15 is 0 Å². The van der Waals surface area contributed by atoms with E-state index in [2.05, 4.69) is 20.6 Å². The fraction of sp³-hybridized carbons (Fsp3) is 0.154. The molecule has 0 saturated carbocycles. The average molecular weight is 240 g/mol. The molecule has 2 heterocycles. The summed E-state index contributed by atoms with van der Waals surface area (Å²) in [7, 11) is 0. The van der Waals surface area contributed by atoms with Crippen LogP contribution in [-0.2, 0) is 11.2 Å². The molecule has 3 rings (SSSR count). The Morgan fingerprint density at radius 1 is 1.22 bits per heavy atom. The second-order valence-electron chi connectivity index (χ2n) is 4.27. The van der Waals surface area contributed by atoms with Crippen molar-refractivity contribution in [1.29, 1.82) is 0 Å². The Kier molecular flexibility index (Phi) is 2.44. The Morgan fingerprint density at radius 3 is 2.78 bits per heavy atom. The van der Waals surface area contributed by atoms with E-state index in [9.17, 15) is 4.79 Å². The van der Waals surface area contributed by atoms with Crippen LogP contribution < -0.4 is 10.6 Å². The number of benzene rings is 1. The largest absolute Gasteiger partial charge is 0.340 e. The molecule has 1 aromatic carbocycles. The van der Waals surface area contributed by atoms with Gasteiger partial charge in [-0.2, -0.15) is 0 Å². The Hall–Kier alpha value is -2.43. The van der Waals surface area contributed by atoms with Crippen LogP contribution in [-0.4, -0.2) is 15.9 Å². The van der Waals surface area contributed by atoms with Gasteiger partial charge in [-0.25, -0.2) is 9.97 Å². The van der Waals surface area contributed by atoms with E-state index in [1.54, 1.807) is 0 Å². The lowest BCUT2D eigenvalue weighted by Crippen LogP contribution is -2.04. The van der Waals surface area contributed by atoms with Crippen molar-refractivity contribution in [2.75, 3.05) is 10.6 Å². The van der Waals surface area contributed by atoms with E-state index < -0.39 is 0 Å². The molecule has 1 amide bonds. The zero-order valence-corrected chi connectivity index (χ0v) is 9.90. The van der Waals surface area contributed by atoms with E-state index in [1.807, 2.05) is 31.2 Å². The van der Waals surface area contributed by atoms with E-state index in [0.717, 1.165) is 11.3 Å². The number of rotatable bonds is 2. The van der Waals surface area contributed by atoms with Crippen LogP contribution in [0, 0.1) is 6.92 Å². The van der Waals surface area contributed by atoms with E-state index in [-0.39, 0.29) is 5.91 Å². The molecule has 0 radical (unpaired) electrons. The molecule has 90 valence electrons. The van der Waals surface area contributed by atoms with E-state index in [4.69, 9.17) is 0 Å². The van der Waals surface area contributed by atoms with Gasteiger partial charge in [-0.1, -0.05) is 17.7 Å². The summed E-state index contributed by atoms with van der Waals surface area (Å²) in [5, 5.41) is 5.91. The van der Waals surface area contributed by atoms with Gasteiger partial charge in [-0.3, -0.25) is 4.79 Å². The lowest BCUT2D eigenvalue weighted by Gasteiger charge is -2.08. The van der Waals surface area contributed by atoms with Gasteiger partial charge in [0.15, 0.2) is 0 Å². The number of nitrogens with zero attached hydrogens (tertiary/aromatic N) is 2. The summed E-state index contributed by atoms with van der Waals surface area (Å²) < 4.78 is 0. The van der Waals surface area contributed by atoms with Crippen molar-refractivity contribution >= 4 is 23.2 Å². The fourth-order valence-corrected chi connectivity index (χ4v) is 1.91. The molecule has 18 heavy (non-hydrogen) atoms. The summed E-state index contributed by atoms with van der Waals surface area (Å²) in [5.41, 5.74) is 2.97. The summed E-state index contributed by atoms with van der Waals surface area (Å²) in [6.07, 6.45) is 1.77. The monoisotopic (exact) mass is 240 g/mol. The van der Waals surface area contributed by atoms with Gasteiger partial charge in [0, 0.05) is 11.3 Å². The highest BCUT2D eigenvalue weighted by Crippen LogP contribution is 2.27. The maximum absolute atomic E-state index is 11.3. The molecule has 1 aliphatic rings. The van der Waals surface area contributed by atoms with Crippen molar-refractivity contribution < 1.29 is 4.79 Å². The molecule has 1 aromatic heterocycles. The zero-order valence-electron chi connectivity index (χ0n) is 9.90. The number of aromatic nitrogens is 2. The molecule has 0 fully saturated rings. The number of amides is 1. The number of hydrogen-bond donors (Lipinski definition) is 2. The molecule has 0 bridgehead atoms. The molecule has 5 heteroatoms. The maximum Gasteiger partial charge on any atom is 0.230 e. The fourth-order valence-electron chi connectivity index (χ4n) is 1.91. The molecule has 0 spiro atoms. The summed E-state index contributed by atoms with van der Waals surface area (Å²) in [6, 6.07) is 8.00. The second-order valence-corrected chi connectivity index (χ2v) is 4.27. The highest BCUT2D eigenvalue weighted by Gasteiger charge is 2.22. The van der Waals surface area contributed by atoms with Gasteiger partial charge >= 0.3 is 0 Å². The lowest BCUT2D eigenvalue weighted by molar-refractivity contribution is -0.115. The first-order valence-corrected chi connectivity index (χ1v) is 5.70. The SMILES string of the molecule is Cc1ccc(Nc2ncnc3c2CC(=O)N3)cc1. The number of carbonyl (C=O) groups excluding carboxylic acids is 1. The number of nitrogens with one attached hydrogen (secondary N) is 2. The quantitative estimate of drug-likeness (QED) is 0.842. The van der Waals surface area contributed by atoms with Gasteiger partial charge in [-0.15, -0.1) is 0 Å². The third-order valence-electron chi connectivity index (χ3n) is 2.85. The van der Waals surface area contributed by atoms with Crippen molar-refractivity contribution in [1.82, 2.24) is 9.97 Å². The van der Waals surface area contributed by atoms with Gasteiger partial charge in [0.2, 0.25) is 5.91 Å². The molecule has 2 aromatic rings. The molecule has 0 atom stereocenters. The zero-order chi connectivity index (χ0) is 12.5. The molecule has 2 N–H and O–H groups in total. The minimum absolute atomic E-state index is 0.0440. The van der Waals surface area contributed by atoms with Crippen molar-refractivity contribution in [2.24, 2.45) is 0 Å². The lowest BCUT2D eigenvalue weighted by atomic mass is 10.2. The molecule has 0 aliphatic carbocycles. The molecule has 1 aliphatic heterocycles. The normalized spacial score (nSPS) is 13.1. The first kappa shape index (κ1) is 10.7. The molecular formula is C13H12N4O. The highest BCUT2D eigenvalue weighted by molar-refractivity contribution is 5.99. The molecular weight excluding hydrogens is 228 g/mol. The van der Waals surface area contributed by atoms with E-state index in [0.29, 0.717) is 18.1 Å². The Bertz CT molecular complexity index is 607. The Morgan fingerprint density at radius 2 is 2.00 bits per heavy atom. The molecule has 5 nitrogen and oxygen atoms in total. The number of anilines is 3. The molecule has 0 saturated heterocycles.